The minimum absolute atomic E-state index is 0. The second kappa shape index (κ2) is 14.5. The lowest BCUT2D eigenvalue weighted by Crippen LogP contribution is -1.92. The van der Waals surface area contributed by atoms with Gasteiger partial charge in [-0.25, -0.2) is 0 Å². The predicted octanol–water partition coefficient (Wildman–Crippen LogP) is 4.98. The van der Waals surface area contributed by atoms with Crippen molar-refractivity contribution in [1.82, 2.24) is 0 Å². The third kappa shape index (κ3) is 12.0. The van der Waals surface area contributed by atoms with E-state index in [1.807, 2.05) is 26.0 Å². The number of allylic oxidation sites excluding steroid dienone is 4. The molecule has 13 heavy (non-hydrogen) atoms. The minimum atomic E-state index is 0. The van der Waals surface area contributed by atoms with Crippen LogP contribution in [0.3, 0.4) is 0 Å². The number of rotatable bonds is 4. The summed E-state index contributed by atoms with van der Waals surface area (Å²) < 4.78 is 0. The smallest absolute Gasteiger partial charge is 0.0199 e. The van der Waals surface area contributed by atoms with Gasteiger partial charge in [0.15, 0.2) is 0 Å². The molecule has 0 aromatic heterocycles. The van der Waals surface area contributed by atoms with Crippen LogP contribution < -0.4 is 0 Å². The highest BCUT2D eigenvalue weighted by molar-refractivity contribution is 14.0. The molecule has 0 heterocycles. The third-order valence-electron chi connectivity index (χ3n) is 1.69. The summed E-state index contributed by atoms with van der Waals surface area (Å²) in [4.78, 5) is 0. The summed E-state index contributed by atoms with van der Waals surface area (Å²) in [5.41, 5.74) is 1.18. The van der Waals surface area contributed by atoms with Gasteiger partial charge in [0.25, 0.3) is 0 Å². The summed E-state index contributed by atoms with van der Waals surface area (Å²) >= 11 is 0. The molecule has 0 nitrogen and oxygen atoms in total. The minimum Gasteiger partial charge on any atom is -0.107 e. The van der Waals surface area contributed by atoms with Gasteiger partial charge in [0.05, 0.1) is 0 Å². The van der Waals surface area contributed by atoms with E-state index in [2.05, 4.69) is 27.0 Å². The van der Waals surface area contributed by atoms with Crippen LogP contribution in [0, 0.1) is 5.92 Å². The van der Waals surface area contributed by atoms with Crippen molar-refractivity contribution in [1.29, 1.82) is 0 Å². The molecule has 1 heteroatoms. The molecule has 0 fully saturated rings. The van der Waals surface area contributed by atoms with E-state index < -0.39 is 0 Å². The molecule has 1 unspecified atom stereocenters. The largest absolute Gasteiger partial charge is 0.107 e. The number of hydrogen-bond donors (Lipinski definition) is 0. The molecule has 0 rings (SSSR count). The maximum atomic E-state index is 3.93. The summed E-state index contributed by atoms with van der Waals surface area (Å²) in [6.45, 7) is 15.9. The Kier molecular flexibility index (Phi) is 20.8. The molecule has 0 saturated carbocycles. The average molecular weight is 294 g/mol. The summed E-state index contributed by atoms with van der Waals surface area (Å²) in [6, 6.07) is 0. The van der Waals surface area contributed by atoms with Crippen molar-refractivity contribution in [2.24, 2.45) is 5.92 Å². The molecule has 0 amide bonds. The zero-order valence-corrected chi connectivity index (χ0v) is 11.7. The van der Waals surface area contributed by atoms with Crippen LogP contribution in [-0.2, 0) is 0 Å². The van der Waals surface area contributed by atoms with Crippen molar-refractivity contribution >= 4 is 24.0 Å². The molecular formula is C12H23I. The maximum Gasteiger partial charge on any atom is -0.0199 e. The Balaban J connectivity index is -0.000000309. The van der Waals surface area contributed by atoms with Crippen LogP contribution in [0.25, 0.3) is 0 Å². The zero-order chi connectivity index (χ0) is 9.98. The van der Waals surface area contributed by atoms with E-state index in [1.54, 1.807) is 6.08 Å². The van der Waals surface area contributed by atoms with Gasteiger partial charge in [-0.15, -0.1) is 24.0 Å². The lowest BCUT2D eigenvalue weighted by atomic mass is 10.00. The second-order valence-electron chi connectivity index (χ2n) is 2.48. The van der Waals surface area contributed by atoms with Gasteiger partial charge in [-0.05, 0) is 12.3 Å². The first-order valence-corrected chi connectivity index (χ1v) is 4.70. The molecule has 0 aromatic rings. The first-order chi connectivity index (χ1) is 5.72. The Morgan fingerprint density at radius 1 is 1.38 bits per heavy atom. The second-order valence-corrected chi connectivity index (χ2v) is 2.48. The van der Waals surface area contributed by atoms with Gasteiger partial charge < -0.3 is 0 Å². The van der Waals surface area contributed by atoms with Gasteiger partial charge in [0, 0.05) is 0 Å². The van der Waals surface area contributed by atoms with Crippen LogP contribution in [0.1, 0.15) is 34.1 Å². The molecule has 0 bridgehead atoms. The normalized spacial score (nSPS) is 10.8. The van der Waals surface area contributed by atoms with Gasteiger partial charge in [-0.1, -0.05) is 64.7 Å². The van der Waals surface area contributed by atoms with E-state index in [-0.39, 0.29) is 24.0 Å². The fraction of sp³-hybridized carbons (Fsp3) is 0.500. The van der Waals surface area contributed by atoms with Crippen molar-refractivity contribution in [3.8, 4) is 0 Å². The predicted molar refractivity (Wildman–Crippen MR) is 74.7 cm³/mol. The van der Waals surface area contributed by atoms with Gasteiger partial charge in [-0.3, -0.25) is 0 Å². The molecule has 0 spiro atoms. The van der Waals surface area contributed by atoms with Crippen LogP contribution in [0.5, 0.6) is 0 Å². The van der Waals surface area contributed by atoms with Crippen molar-refractivity contribution in [3.63, 3.8) is 0 Å². The van der Waals surface area contributed by atoms with Crippen molar-refractivity contribution in [2.45, 2.75) is 34.1 Å². The van der Waals surface area contributed by atoms with Crippen LogP contribution >= 0.6 is 24.0 Å². The van der Waals surface area contributed by atoms with E-state index in [4.69, 9.17) is 0 Å². The fourth-order valence-corrected chi connectivity index (χ4v) is 0.618. The number of halogens is 1. The monoisotopic (exact) mass is 294 g/mol. The number of hydrogen-bond acceptors (Lipinski definition) is 0. The molecule has 1 atom stereocenters. The van der Waals surface area contributed by atoms with Crippen molar-refractivity contribution < 1.29 is 0 Å². The average Bonchev–Trinajstić information content (AvgIpc) is 2.16. The molecule has 0 aliphatic carbocycles. The van der Waals surface area contributed by atoms with Gasteiger partial charge >= 0.3 is 0 Å². The Labute approximate surface area is 101 Å². The maximum absolute atomic E-state index is 3.93. The van der Waals surface area contributed by atoms with Crippen molar-refractivity contribution in [2.75, 3.05) is 0 Å². The van der Waals surface area contributed by atoms with Crippen LogP contribution in [-0.4, -0.2) is 0 Å². The molecule has 0 aliphatic rings. The van der Waals surface area contributed by atoms with Gasteiger partial charge in [-0.2, -0.15) is 0 Å². The van der Waals surface area contributed by atoms with E-state index >= 15 is 0 Å². The first kappa shape index (κ1) is 18.7. The van der Waals surface area contributed by atoms with E-state index in [9.17, 15) is 0 Å². The molecule has 0 aromatic carbocycles. The Bertz CT molecular complexity index is 145. The Morgan fingerprint density at radius 3 is 2.15 bits per heavy atom. The Hall–Kier alpha value is -0.0500. The molecular weight excluding hydrogens is 271 g/mol. The van der Waals surface area contributed by atoms with Gasteiger partial charge in [0.1, 0.15) is 0 Å². The van der Waals surface area contributed by atoms with E-state index in [0.717, 1.165) is 6.42 Å². The fourth-order valence-electron chi connectivity index (χ4n) is 0.618. The molecule has 0 saturated heterocycles. The summed E-state index contributed by atoms with van der Waals surface area (Å²) in [6.07, 6.45) is 6.86. The SMILES string of the molecule is C=C/C=C\C(=C)C(C)CC.CC.I. The van der Waals surface area contributed by atoms with E-state index in [1.165, 1.54) is 5.57 Å². The highest BCUT2D eigenvalue weighted by Gasteiger charge is 1.97. The lowest BCUT2D eigenvalue weighted by molar-refractivity contribution is 0.673. The van der Waals surface area contributed by atoms with E-state index in [0.29, 0.717) is 5.92 Å². The zero-order valence-electron chi connectivity index (χ0n) is 9.34. The summed E-state index contributed by atoms with van der Waals surface area (Å²) in [5.74, 6) is 0.594. The Morgan fingerprint density at radius 2 is 1.85 bits per heavy atom. The topological polar surface area (TPSA) is 0 Å². The molecule has 0 radical (unpaired) electrons. The van der Waals surface area contributed by atoms with Crippen LogP contribution in [0.2, 0.25) is 0 Å². The highest BCUT2D eigenvalue weighted by atomic mass is 127. The highest BCUT2D eigenvalue weighted by Crippen LogP contribution is 2.12. The molecule has 78 valence electrons. The quantitative estimate of drug-likeness (QED) is 0.507. The summed E-state index contributed by atoms with van der Waals surface area (Å²) in [7, 11) is 0. The van der Waals surface area contributed by atoms with Crippen LogP contribution in [0.15, 0.2) is 37.0 Å². The first-order valence-electron chi connectivity index (χ1n) is 4.70. The lowest BCUT2D eigenvalue weighted by Gasteiger charge is -2.06. The van der Waals surface area contributed by atoms with Crippen LogP contribution in [0.4, 0.5) is 0 Å². The molecule has 0 aliphatic heterocycles. The summed E-state index contributed by atoms with van der Waals surface area (Å²) in [5, 5.41) is 0. The van der Waals surface area contributed by atoms with Gasteiger partial charge in [0.2, 0.25) is 0 Å². The standard InChI is InChI=1S/C10H16.C2H6.HI/c1-5-7-8-10(4)9(3)6-2;1-2;/h5,7-9H,1,4,6H2,2-3H3;1-2H3;1H/b8-7-;;. The van der Waals surface area contributed by atoms with Crippen molar-refractivity contribution in [3.05, 3.63) is 37.0 Å². The molecule has 0 N–H and O–H groups in total. The third-order valence-corrected chi connectivity index (χ3v) is 1.69.